The Kier molecular flexibility index (Phi) is 4.37. The second-order valence-corrected chi connectivity index (χ2v) is 7.04. The molecule has 8 nitrogen and oxygen atoms in total. The number of aryl methyl sites for hydroxylation is 2. The Morgan fingerprint density at radius 3 is 3.12 bits per heavy atom. The van der Waals surface area contributed by atoms with Crippen LogP contribution in [0.3, 0.4) is 0 Å². The van der Waals surface area contributed by atoms with Gasteiger partial charge in [-0.15, -0.1) is 11.3 Å². The quantitative estimate of drug-likeness (QED) is 0.728. The minimum absolute atomic E-state index is 0.142. The minimum atomic E-state index is -0.447. The normalized spacial score (nSPS) is 13.0. The molecule has 134 valence electrons. The number of thiazole rings is 1. The van der Waals surface area contributed by atoms with Gasteiger partial charge in [-0.2, -0.15) is 0 Å². The van der Waals surface area contributed by atoms with Crippen LogP contribution >= 0.6 is 11.3 Å². The first kappa shape index (κ1) is 16.6. The van der Waals surface area contributed by atoms with Gasteiger partial charge in [-0.05, 0) is 31.7 Å². The fourth-order valence-corrected chi connectivity index (χ4v) is 3.83. The molecule has 0 unspecified atom stereocenters. The molecule has 2 N–H and O–H groups in total. The van der Waals surface area contributed by atoms with Crippen LogP contribution in [-0.2, 0) is 19.3 Å². The number of carbonyl (C=O) groups is 1. The molecule has 0 atom stereocenters. The van der Waals surface area contributed by atoms with Crippen LogP contribution in [0.1, 0.15) is 29.2 Å². The van der Waals surface area contributed by atoms with Crippen molar-refractivity contribution in [2.75, 3.05) is 11.9 Å². The van der Waals surface area contributed by atoms with E-state index in [1.54, 1.807) is 11.6 Å². The van der Waals surface area contributed by atoms with Crippen LogP contribution in [0, 0.1) is 6.92 Å². The molecule has 0 aromatic carbocycles. The maximum atomic E-state index is 12.2. The smallest absolute Gasteiger partial charge is 0.319 e. The van der Waals surface area contributed by atoms with Crippen molar-refractivity contribution in [3.05, 3.63) is 50.9 Å². The van der Waals surface area contributed by atoms with E-state index >= 15 is 0 Å². The van der Waals surface area contributed by atoms with Crippen molar-refractivity contribution in [3.63, 3.8) is 0 Å². The molecule has 3 aromatic heterocycles. The number of rotatable bonds is 4. The topological polar surface area (TPSA) is 101 Å². The first-order chi connectivity index (χ1) is 12.6. The van der Waals surface area contributed by atoms with Gasteiger partial charge in [0.05, 0.1) is 6.20 Å². The van der Waals surface area contributed by atoms with Crippen molar-refractivity contribution in [1.29, 1.82) is 0 Å². The highest BCUT2D eigenvalue weighted by Gasteiger charge is 2.17. The van der Waals surface area contributed by atoms with E-state index in [0.29, 0.717) is 17.9 Å². The van der Waals surface area contributed by atoms with Gasteiger partial charge in [0, 0.05) is 35.9 Å². The van der Waals surface area contributed by atoms with Gasteiger partial charge in [-0.1, -0.05) is 0 Å². The number of anilines is 1. The molecule has 0 aliphatic heterocycles. The SMILES string of the molecule is Cc1nc(CCNC(=O)Nc2cnc3sccn3c2=O)nc2c1CCC2. The Hall–Kier alpha value is -2.81. The van der Waals surface area contributed by atoms with Crippen molar-refractivity contribution >= 4 is 28.0 Å². The van der Waals surface area contributed by atoms with Gasteiger partial charge in [0.1, 0.15) is 11.5 Å². The van der Waals surface area contributed by atoms with Gasteiger partial charge in [0.2, 0.25) is 0 Å². The van der Waals surface area contributed by atoms with Crippen LogP contribution < -0.4 is 16.2 Å². The van der Waals surface area contributed by atoms with E-state index in [1.807, 2.05) is 6.92 Å². The van der Waals surface area contributed by atoms with Crippen molar-refractivity contribution in [1.82, 2.24) is 24.7 Å². The second-order valence-electron chi connectivity index (χ2n) is 6.17. The third-order valence-electron chi connectivity index (χ3n) is 4.41. The van der Waals surface area contributed by atoms with Crippen molar-refractivity contribution in [3.8, 4) is 0 Å². The van der Waals surface area contributed by atoms with Gasteiger partial charge in [-0.25, -0.2) is 19.7 Å². The Labute approximate surface area is 153 Å². The van der Waals surface area contributed by atoms with E-state index in [1.165, 1.54) is 27.5 Å². The molecular weight excluding hydrogens is 352 g/mol. The highest BCUT2D eigenvalue weighted by atomic mass is 32.1. The first-order valence-electron chi connectivity index (χ1n) is 8.47. The summed E-state index contributed by atoms with van der Waals surface area (Å²) >= 11 is 1.36. The standard InChI is InChI=1S/C17H18N6O2S/c1-10-11-3-2-4-12(11)21-14(20-10)5-6-18-16(25)22-13-9-19-17-23(15(13)24)7-8-26-17/h7-9H,2-6H2,1H3,(H2,18,22,25). The lowest BCUT2D eigenvalue weighted by atomic mass is 10.2. The van der Waals surface area contributed by atoms with Gasteiger partial charge < -0.3 is 10.6 Å². The monoisotopic (exact) mass is 370 g/mol. The first-order valence-corrected chi connectivity index (χ1v) is 9.35. The number of carbonyl (C=O) groups excluding carboxylic acids is 1. The van der Waals surface area contributed by atoms with Gasteiger partial charge >= 0.3 is 6.03 Å². The molecule has 4 rings (SSSR count). The molecule has 0 radical (unpaired) electrons. The molecule has 3 aromatic rings. The van der Waals surface area contributed by atoms with E-state index in [9.17, 15) is 9.59 Å². The minimum Gasteiger partial charge on any atom is -0.337 e. The van der Waals surface area contributed by atoms with Crippen molar-refractivity contribution in [2.45, 2.75) is 32.6 Å². The average molecular weight is 370 g/mol. The summed E-state index contributed by atoms with van der Waals surface area (Å²) in [6.07, 6.45) is 6.74. The number of hydrogen-bond donors (Lipinski definition) is 2. The molecule has 2 amide bonds. The number of urea groups is 1. The highest BCUT2D eigenvalue weighted by molar-refractivity contribution is 7.15. The Morgan fingerprint density at radius 1 is 1.35 bits per heavy atom. The molecule has 9 heteroatoms. The maximum Gasteiger partial charge on any atom is 0.319 e. The molecule has 1 aliphatic rings. The molecule has 26 heavy (non-hydrogen) atoms. The van der Waals surface area contributed by atoms with Crippen LogP contribution in [-0.4, -0.2) is 31.9 Å². The Balaban J connectivity index is 1.36. The summed E-state index contributed by atoms with van der Waals surface area (Å²) in [5.41, 5.74) is 3.29. The van der Waals surface area contributed by atoms with Gasteiger partial charge in [0.15, 0.2) is 4.96 Å². The molecule has 3 heterocycles. The largest absolute Gasteiger partial charge is 0.337 e. The van der Waals surface area contributed by atoms with Gasteiger partial charge in [-0.3, -0.25) is 9.20 Å². The summed E-state index contributed by atoms with van der Waals surface area (Å²) in [7, 11) is 0. The highest BCUT2D eigenvalue weighted by Crippen LogP contribution is 2.22. The summed E-state index contributed by atoms with van der Waals surface area (Å²) < 4.78 is 1.40. The van der Waals surface area contributed by atoms with E-state index in [4.69, 9.17) is 0 Å². The molecule has 0 fully saturated rings. The van der Waals surface area contributed by atoms with Gasteiger partial charge in [0.25, 0.3) is 5.56 Å². The van der Waals surface area contributed by atoms with Crippen LogP contribution in [0.2, 0.25) is 0 Å². The second kappa shape index (κ2) is 6.83. The predicted molar refractivity (Wildman–Crippen MR) is 98.9 cm³/mol. The molecule has 0 spiro atoms. The van der Waals surface area contributed by atoms with Crippen LogP contribution in [0.25, 0.3) is 4.96 Å². The molecule has 0 saturated carbocycles. The summed E-state index contributed by atoms with van der Waals surface area (Å²) in [6, 6.07) is -0.447. The lowest BCUT2D eigenvalue weighted by Crippen LogP contribution is -2.33. The van der Waals surface area contributed by atoms with Crippen LogP contribution in [0.4, 0.5) is 10.5 Å². The summed E-state index contributed by atoms with van der Waals surface area (Å²) in [5.74, 6) is 0.741. The predicted octanol–water partition coefficient (Wildman–Crippen LogP) is 1.71. The third kappa shape index (κ3) is 3.17. The number of fused-ring (bicyclic) bond motifs is 2. The fraction of sp³-hybridized carbons (Fsp3) is 0.353. The van der Waals surface area contributed by atoms with Crippen LogP contribution in [0.15, 0.2) is 22.6 Å². The Morgan fingerprint density at radius 2 is 2.23 bits per heavy atom. The van der Waals surface area contributed by atoms with E-state index in [-0.39, 0.29) is 11.2 Å². The number of amides is 2. The lowest BCUT2D eigenvalue weighted by molar-refractivity contribution is 0.252. The zero-order valence-corrected chi connectivity index (χ0v) is 15.1. The molecule has 1 aliphatic carbocycles. The Bertz CT molecular complexity index is 1040. The zero-order chi connectivity index (χ0) is 18.1. The molecular formula is C17H18N6O2S. The van der Waals surface area contributed by atoms with E-state index in [0.717, 1.165) is 36.5 Å². The zero-order valence-electron chi connectivity index (χ0n) is 14.3. The van der Waals surface area contributed by atoms with Crippen LogP contribution in [0.5, 0.6) is 0 Å². The molecule has 0 bridgehead atoms. The van der Waals surface area contributed by atoms with E-state index < -0.39 is 6.03 Å². The van der Waals surface area contributed by atoms with Crippen molar-refractivity contribution in [2.24, 2.45) is 0 Å². The summed E-state index contributed by atoms with van der Waals surface area (Å²) in [5, 5.41) is 7.05. The number of hydrogen-bond acceptors (Lipinski definition) is 6. The lowest BCUT2D eigenvalue weighted by Gasteiger charge is -2.09. The summed E-state index contributed by atoms with van der Waals surface area (Å²) in [4.78, 5) is 38.1. The van der Waals surface area contributed by atoms with E-state index in [2.05, 4.69) is 25.6 Å². The number of nitrogens with one attached hydrogen (secondary N) is 2. The molecule has 0 saturated heterocycles. The number of aromatic nitrogens is 4. The maximum absolute atomic E-state index is 12.2. The third-order valence-corrected chi connectivity index (χ3v) is 5.18. The summed E-state index contributed by atoms with van der Waals surface area (Å²) in [6.45, 7) is 2.40. The number of nitrogens with zero attached hydrogens (tertiary/aromatic N) is 4. The van der Waals surface area contributed by atoms with Crippen molar-refractivity contribution < 1.29 is 4.79 Å². The average Bonchev–Trinajstić information content (AvgIpc) is 3.27. The fourth-order valence-electron chi connectivity index (χ4n) is 3.16.